The number of aryl methyl sites for hydroxylation is 1. The molecular weight excluding hydrogens is 320 g/mol. The van der Waals surface area contributed by atoms with Crippen LogP contribution in [0.5, 0.6) is 5.75 Å². The minimum atomic E-state index is -0.152. The Kier molecular flexibility index (Phi) is 4.74. The number of pyridine rings is 1. The molecule has 0 spiro atoms. The van der Waals surface area contributed by atoms with Gasteiger partial charge in [-0.1, -0.05) is 17.7 Å². The molecule has 0 saturated carbocycles. The third kappa shape index (κ3) is 3.81. The number of carbonyl (C=O) groups is 1. The lowest BCUT2D eigenvalue weighted by Gasteiger charge is -2.16. The fraction of sp³-hybridized carbons (Fsp3) is 0.200. The molecule has 20 heavy (non-hydrogen) atoms. The van der Waals surface area contributed by atoms with E-state index in [4.69, 9.17) is 4.74 Å². The van der Waals surface area contributed by atoms with Crippen LogP contribution in [0.25, 0.3) is 0 Å². The molecule has 0 N–H and O–H groups in total. The highest BCUT2D eigenvalue weighted by atomic mass is 79.9. The molecule has 0 aliphatic carbocycles. The predicted octanol–water partition coefficient (Wildman–Crippen LogP) is 3.19. The first kappa shape index (κ1) is 14.5. The standard InChI is InChI=1S/C15H15BrN2O2/c1-11-3-6-13(7-4-11)20-10-15(19)18(2)14-8-5-12(16)9-17-14/h3-9H,10H2,1-2H3. The first-order chi connectivity index (χ1) is 9.56. The molecule has 1 aromatic heterocycles. The third-order valence-corrected chi connectivity index (χ3v) is 3.28. The van der Waals surface area contributed by atoms with E-state index in [0.29, 0.717) is 11.6 Å². The van der Waals surface area contributed by atoms with Crippen molar-refractivity contribution in [2.24, 2.45) is 0 Å². The van der Waals surface area contributed by atoms with E-state index in [2.05, 4.69) is 20.9 Å². The average Bonchev–Trinajstić information content (AvgIpc) is 2.46. The van der Waals surface area contributed by atoms with E-state index in [9.17, 15) is 4.79 Å². The highest BCUT2D eigenvalue weighted by molar-refractivity contribution is 9.10. The van der Waals surface area contributed by atoms with Gasteiger partial charge in [-0.2, -0.15) is 0 Å². The third-order valence-electron chi connectivity index (χ3n) is 2.81. The largest absolute Gasteiger partial charge is 0.484 e. The minimum absolute atomic E-state index is 0.0166. The number of carbonyl (C=O) groups excluding carboxylic acids is 1. The predicted molar refractivity (Wildman–Crippen MR) is 82.0 cm³/mol. The molecule has 4 nitrogen and oxygen atoms in total. The second-order valence-corrected chi connectivity index (χ2v) is 5.30. The number of amides is 1. The van der Waals surface area contributed by atoms with E-state index in [0.717, 1.165) is 10.0 Å². The van der Waals surface area contributed by atoms with E-state index in [1.807, 2.05) is 37.3 Å². The second kappa shape index (κ2) is 6.52. The van der Waals surface area contributed by atoms with Crippen molar-refractivity contribution in [2.45, 2.75) is 6.92 Å². The number of rotatable bonds is 4. The zero-order valence-corrected chi connectivity index (χ0v) is 12.9. The van der Waals surface area contributed by atoms with E-state index in [-0.39, 0.29) is 12.5 Å². The van der Waals surface area contributed by atoms with Crippen molar-refractivity contribution in [1.29, 1.82) is 0 Å². The molecule has 0 radical (unpaired) electrons. The van der Waals surface area contributed by atoms with Crippen molar-refractivity contribution >= 4 is 27.7 Å². The normalized spacial score (nSPS) is 10.2. The van der Waals surface area contributed by atoms with Crippen LogP contribution in [-0.4, -0.2) is 24.5 Å². The Balaban J connectivity index is 1.94. The monoisotopic (exact) mass is 334 g/mol. The minimum Gasteiger partial charge on any atom is -0.484 e. The van der Waals surface area contributed by atoms with Gasteiger partial charge in [0.2, 0.25) is 0 Å². The van der Waals surface area contributed by atoms with Crippen LogP contribution >= 0.6 is 15.9 Å². The van der Waals surface area contributed by atoms with Gasteiger partial charge in [-0.3, -0.25) is 9.69 Å². The SMILES string of the molecule is Cc1ccc(OCC(=O)N(C)c2ccc(Br)cn2)cc1. The summed E-state index contributed by atoms with van der Waals surface area (Å²) in [5, 5.41) is 0. The number of ether oxygens (including phenoxy) is 1. The van der Waals surface area contributed by atoms with E-state index in [1.165, 1.54) is 4.90 Å². The Labute approximate surface area is 126 Å². The average molecular weight is 335 g/mol. The molecule has 2 aromatic rings. The number of hydrogen-bond donors (Lipinski definition) is 0. The molecule has 0 unspecified atom stereocenters. The first-order valence-electron chi connectivity index (χ1n) is 6.14. The summed E-state index contributed by atoms with van der Waals surface area (Å²) in [7, 11) is 1.68. The lowest BCUT2D eigenvalue weighted by molar-refractivity contribution is -0.120. The van der Waals surface area contributed by atoms with Gasteiger partial charge in [-0.05, 0) is 47.1 Å². The summed E-state index contributed by atoms with van der Waals surface area (Å²) in [6, 6.07) is 11.2. The maximum absolute atomic E-state index is 12.0. The van der Waals surface area contributed by atoms with E-state index < -0.39 is 0 Å². The van der Waals surface area contributed by atoms with Gasteiger partial charge in [0.05, 0.1) is 0 Å². The smallest absolute Gasteiger partial charge is 0.265 e. The molecule has 0 saturated heterocycles. The van der Waals surface area contributed by atoms with Crippen LogP contribution in [-0.2, 0) is 4.79 Å². The Bertz CT molecular complexity index is 582. The molecule has 0 atom stereocenters. The number of halogens is 1. The Morgan fingerprint density at radius 2 is 1.95 bits per heavy atom. The second-order valence-electron chi connectivity index (χ2n) is 4.39. The van der Waals surface area contributed by atoms with Crippen molar-refractivity contribution < 1.29 is 9.53 Å². The fourth-order valence-electron chi connectivity index (χ4n) is 1.57. The lowest BCUT2D eigenvalue weighted by Crippen LogP contribution is -2.31. The van der Waals surface area contributed by atoms with Crippen molar-refractivity contribution in [1.82, 2.24) is 4.98 Å². The molecule has 0 aliphatic heterocycles. The maximum Gasteiger partial charge on any atom is 0.265 e. The van der Waals surface area contributed by atoms with Crippen molar-refractivity contribution in [2.75, 3.05) is 18.6 Å². The number of aromatic nitrogens is 1. The zero-order valence-electron chi connectivity index (χ0n) is 11.3. The summed E-state index contributed by atoms with van der Waals surface area (Å²) in [6.45, 7) is 1.99. The molecule has 104 valence electrons. The fourth-order valence-corrected chi connectivity index (χ4v) is 1.81. The number of anilines is 1. The summed E-state index contributed by atoms with van der Waals surface area (Å²) in [6.07, 6.45) is 1.65. The molecule has 1 heterocycles. The molecule has 1 amide bonds. The molecule has 0 fully saturated rings. The summed E-state index contributed by atoms with van der Waals surface area (Å²) in [4.78, 5) is 17.7. The Morgan fingerprint density at radius 1 is 1.25 bits per heavy atom. The van der Waals surface area contributed by atoms with Gasteiger partial charge >= 0.3 is 0 Å². The van der Waals surface area contributed by atoms with Crippen LogP contribution in [0.1, 0.15) is 5.56 Å². The topological polar surface area (TPSA) is 42.4 Å². The van der Waals surface area contributed by atoms with Gasteiger partial charge in [0.1, 0.15) is 11.6 Å². The summed E-state index contributed by atoms with van der Waals surface area (Å²) < 4.78 is 6.33. The number of likely N-dealkylation sites (N-methyl/N-ethyl adjacent to an activating group) is 1. The number of hydrogen-bond acceptors (Lipinski definition) is 3. The molecule has 5 heteroatoms. The summed E-state index contributed by atoms with van der Waals surface area (Å²) in [5.41, 5.74) is 1.15. The summed E-state index contributed by atoms with van der Waals surface area (Å²) in [5.74, 6) is 1.12. The van der Waals surface area contributed by atoms with Crippen molar-refractivity contribution in [3.8, 4) is 5.75 Å². The van der Waals surface area contributed by atoms with Crippen molar-refractivity contribution in [3.05, 3.63) is 52.6 Å². The highest BCUT2D eigenvalue weighted by Crippen LogP contribution is 2.15. The molecule has 2 rings (SSSR count). The van der Waals surface area contributed by atoms with Gasteiger partial charge in [-0.25, -0.2) is 4.98 Å². The maximum atomic E-state index is 12.0. The number of nitrogens with zero attached hydrogens (tertiary/aromatic N) is 2. The quantitative estimate of drug-likeness (QED) is 0.862. The van der Waals surface area contributed by atoms with E-state index >= 15 is 0 Å². The van der Waals surface area contributed by atoms with Gasteiger partial charge in [0.25, 0.3) is 5.91 Å². The van der Waals surface area contributed by atoms with Gasteiger partial charge in [0, 0.05) is 17.7 Å². The van der Waals surface area contributed by atoms with Gasteiger partial charge in [-0.15, -0.1) is 0 Å². The first-order valence-corrected chi connectivity index (χ1v) is 6.93. The molecule has 1 aromatic carbocycles. The lowest BCUT2D eigenvalue weighted by atomic mass is 10.2. The molecular formula is C15H15BrN2O2. The molecule has 0 aliphatic rings. The Morgan fingerprint density at radius 3 is 2.55 bits per heavy atom. The highest BCUT2D eigenvalue weighted by Gasteiger charge is 2.12. The number of benzene rings is 1. The van der Waals surface area contributed by atoms with Gasteiger partial charge in [0.15, 0.2) is 6.61 Å². The Hall–Kier alpha value is -1.88. The molecule has 0 bridgehead atoms. The van der Waals surface area contributed by atoms with Crippen LogP contribution < -0.4 is 9.64 Å². The van der Waals surface area contributed by atoms with Crippen LogP contribution in [0.4, 0.5) is 5.82 Å². The van der Waals surface area contributed by atoms with Crippen LogP contribution in [0.2, 0.25) is 0 Å². The summed E-state index contributed by atoms with van der Waals surface area (Å²) >= 11 is 3.31. The van der Waals surface area contributed by atoms with Crippen LogP contribution in [0.15, 0.2) is 47.1 Å². The van der Waals surface area contributed by atoms with Gasteiger partial charge < -0.3 is 4.74 Å². The zero-order chi connectivity index (χ0) is 14.5. The van der Waals surface area contributed by atoms with Crippen LogP contribution in [0.3, 0.4) is 0 Å². The van der Waals surface area contributed by atoms with Crippen LogP contribution in [0, 0.1) is 6.92 Å². The van der Waals surface area contributed by atoms with E-state index in [1.54, 1.807) is 19.3 Å². The van der Waals surface area contributed by atoms with Crippen molar-refractivity contribution in [3.63, 3.8) is 0 Å².